The van der Waals surface area contributed by atoms with Crippen LogP contribution in [0.1, 0.15) is 101 Å². The Hall–Kier alpha value is -4.82. The molecule has 4 fully saturated rings. The molecule has 3 atom stereocenters. The molecule has 0 radical (unpaired) electrons. The van der Waals surface area contributed by atoms with Gasteiger partial charge in [-0.3, -0.25) is 24.6 Å². The van der Waals surface area contributed by atoms with Gasteiger partial charge in [0, 0.05) is 86.3 Å². The van der Waals surface area contributed by atoms with Gasteiger partial charge in [-0.25, -0.2) is 4.39 Å². The third-order valence-corrected chi connectivity index (χ3v) is 13.6. The molecule has 60 heavy (non-hydrogen) atoms. The normalized spacial score (nSPS) is 24.4. The molecule has 14 heteroatoms. The molecule has 6 aliphatic rings. The van der Waals surface area contributed by atoms with Crippen LogP contribution in [0.5, 0.6) is 5.75 Å². The molecule has 0 bridgehead atoms. The van der Waals surface area contributed by atoms with Gasteiger partial charge in [0.15, 0.2) is 11.6 Å². The summed E-state index contributed by atoms with van der Waals surface area (Å²) in [5, 5.41) is 16.1. The van der Waals surface area contributed by atoms with Crippen molar-refractivity contribution in [3.63, 3.8) is 0 Å². The van der Waals surface area contributed by atoms with E-state index in [1.165, 1.54) is 6.07 Å². The van der Waals surface area contributed by atoms with Crippen molar-refractivity contribution in [2.24, 2.45) is 23.3 Å². The third kappa shape index (κ3) is 9.24. The Morgan fingerprint density at radius 3 is 2.47 bits per heavy atom. The molecule has 6 heterocycles. The van der Waals surface area contributed by atoms with Crippen molar-refractivity contribution in [2.45, 2.75) is 110 Å². The zero-order valence-electron chi connectivity index (χ0n) is 36.0. The van der Waals surface area contributed by atoms with E-state index < -0.39 is 17.6 Å². The average molecular weight is 828 g/mol. The Morgan fingerprint density at radius 2 is 1.75 bits per heavy atom. The number of allylic oxidation sites excluding steroid dienone is 1. The second-order valence-electron chi connectivity index (χ2n) is 17.7. The molecule has 7 N–H and O–H groups in total. The van der Waals surface area contributed by atoms with Crippen molar-refractivity contribution >= 4 is 29.1 Å². The molecule has 2 aromatic rings. The number of fused-ring (bicyclic) bond motifs is 2. The highest BCUT2D eigenvalue weighted by Gasteiger charge is 2.42. The smallest absolute Gasteiger partial charge is 0.255 e. The number of imide groups is 1. The summed E-state index contributed by atoms with van der Waals surface area (Å²) in [5.41, 5.74) is 17.0. The molecule has 0 saturated carbocycles. The molecule has 326 valence electrons. The van der Waals surface area contributed by atoms with Crippen LogP contribution in [-0.2, 0) is 16.1 Å². The number of halogens is 1. The lowest BCUT2D eigenvalue weighted by molar-refractivity contribution is -0.136. The van der Waals surface area contributed by atoms with Gasteiger partial charge in [0.1, 0.15) is 11.9 Å². The summed E-state index contributed by atoms with van der Waals surface area (Å²) in [6.07, 6.45) is 9.07. The minimum absolute atomic E-state index is 0.124. The van der Waals surface area contributed by atoms with Crippen molar-refractivity contribution in [3.05, 3.63) is 76.5 Å². The van der Waals surface area contributed by atoms with Crippen LogP contribution in [0, 0.1) is 17.7 Å². The maximum Gasteiger partial charge on any atom is 0.255 e. The van der Waals surface area contributed by atoms with Crippen LogP contribution in [0.4, 0.5) is 10.1 Å². The number of nitrogens with one attached hydrogen (secondary N) is 2. The molecule has 2 aromatic carbocycles. The average Bonchev–Trinajstić information content (AvgIpc) is 3.82. The first-order valence-electron chi connectivity index (χ1n) is 22.4. The molecule has 0 spiro atoms. The van der Waals surface area contributed by atoms with Crippen LogP contribution < -0.4 is 27.0 Å². The number of aromatic hydroxyl groups is 1. The highest BCUT2D eigenvalue weighted by atomic mass is 19.1. The summed E-state index contributed by atoms with van der Waals surface area (Å²) < 4.78 is 14.2. The summed E-state index contributed by atoms with van der Waals surface area (Å²) >= 11 is 0. The van der Waals surface area contributed by atoms with Gasteiger partial charge in [-0.1, -0.05) is 39.8 Å². The van der Waals surface area contributed by atoms with Gasteiger partial charge >= 0.3 is 0 Å². The van der Waals surface area contributed by atoms with Gasteiger partial charge in [0.05, 0.1) is 5.70 Å². The van der Waals surface area contributed by atoms with E-state index in [9.17, 15) is 23.9 Å². The van der Waals surface area contributed by atoms with Gasteiger partial charge in [-0.2, -0.15) is 0 Å². The summed E-state index contributed by atoms with van der Waals surface area (Å²) in [6, 6.07) is 11.1. The molecule has 4 saturated heterocycles. The summed E-state index contributed by atoms with van der Waals surface area (Å²) in [7, 11) is 0. The van der Waals surface area contributed by atoms with Crippen LogP contribution in [0.15, 0.2) is 54.0 Å². The third-order valence-electron chi connectivity index (χ3n) is 13.6. The van der Waals surface area contributed by atoms with Gasteiger partial charge in [0.2, 0.25) is 11.8 Å². The first-order valence-corrected chi connectivity index (χ1v) is 22.4. The SMILES string of the molecule is CC.CC(C)CCN(C1CCN(CC2CCN(c3ccc4c(c3)C(=O)N(C3CCC(=O)NC3=O)C4)CC2)CC1)C1CC2CNC(N)=C(/C=C(\N)c3cccc(F)c3O)N2C1. The van der Waals surface area contributed by atoms with E-state index in [1.54, 1.807) is 23.1 Å². The number of amides is 3. The van der Waals surface area contributed by atoms with E-state index in [-0.39, 0.29) is 41.4 Å². The number of benzene rings is 2. The van der Waals surface area contributed by atoms with Crippen molar-refractivity contribution in [1.29, 1.82) is 0 Å². The molecular formula is C46H66FN9O4. The Morgan fingerprint density at radius 1 is 1.00 bits per heavy atom. The number of hydrogen-bond acceptors (Lipinski definition) is 11. The fourth-order valence-corrected chi connectivity index (χ4v) is 10.2. The Balaban J connectivity index is 0.00000268. The largest absolute Gasteiger partial charge is 0.504 e. The predicted octanol–water partition coefficient (Wildman–Crippen LogP) is 4.52. The number of nitrogens with two attached hydrogens (primary N) is 2. The fourth-order valence-electron chi connectivity index (χ4n) is 10.2. The van der Waals surface area contributed by atoms with Gasteiger partial charge in [-0.05, 0) is 112 Å². The van der Waals surface area contributed by atoms with Gasteiger partial charge in [-0.15, -0.1) is 0 Å². The van der Waals surface area contributed by atoms with Crippen LogP contribution in [0.25, 0.3) is 5.70 Å². The first-order chi connectivity index (χ1) is 28.9. The van der Waals surface area contributed by atoms with E-state index in [0.717, 1.165) is 108 Å². The predicted molar refractivity (Wildman–Crippen MR) is 233 cm³/mol. The first kappa shape index (κ1) is 43.3. The maximum absolute atomic E-state index is 14.2. The highest BCUT2D eigenvalue weighted by molar-refractivity contribution is 6.05. The van der Waals surface area contributed by atoms with Gasteiger partial charge in [0.25, 0.3) is 5.91 Å². The second kappa shape index (κ2) is 18.8. The molecule has 3 unspecified atom stereocenters. The number of anilines is 1. The van der Waals surface area contributed by atoms with Crippen molar-refractivity contribution in [1.82, 2.24) is 30.2 Å². The van der Waals surface area contributed by atoms with Crippen LogP contribution >= 0.6 is 0 Å². The zero-order chi connectivity index (χ0) is 42.7. The number of piperidine rings is 3. The summed E-state index contributed by atoms with van der Waals surface area (Å²) in [6.45, 7) is 16.9. The van der Waals surface area contributed by atoms with Crippen LogP contribution in [0.2, 0.25) is 0 Å². The molecule has 0 aliphatic carbocycles. The second-order valence-corrected chi connectivity index (χ2v) is 17.7. The number of para-hydroxylation sites is 1. The maximum atomic E-state index is 14.2. The van der Waals surface area contributed by atoms with Crippen molar-refractivity contribution in [3.8, 4) is 5.75 Å². The lowest BCUT2D eigenvalue weighted by Crippen LogP contribution is -2.52. The molecular weight excluding hydrogens is 762 g/mol. The van der Waals surface area contributed by atoms with E-state index >= 15 is 0 Å². The summed E-state index contributed by atoms with van der Waals surface area (Å²) in [4.78, 5) is 49.4. The zero-order valence-corrected chi connectivity index (χ0v) is 36.0. The number of rotatable bonds is 11. The Kier molecular flexibility index (Phi) is 13.6. The quantitative estimate of drug-likeness (QED) is 0.203. The minimum atomic E-state index is -0.705. The van der Waals surface area contributed by atoms with Gasteiger partial charge < -0.3 is 41.5 Å². The topological polar surface area (TPSA) is 164 Å². The number of likely N-dealkylation sites (tertiary alicyclic amines) is 1. The highest BCUT2D eigenvalue weighted by Crippen LogP contribution is 2.36. The van der Waals surface area contributed by atoms with Crippen molar-refractivity contribution < 1.29 is 23.9 Å². The summed E-state index contributed by atoms with van der Waals surface area (Å²) in [5.74, 6) is -0.152. The standard InChI is InChI=1S/C44H60FN9O4.C2H6/c1-27(2)10-19-52(33-20-32-23-48-42(47)39(53(32)26-33)22-37(46)34-4-3-5-36(45)41(34)56)30-13-15-50(16-14-30)24-28-11-17-51(18-12-28)31-7-6-29-25-54(44(58)35(29)21-31)38-8-9-40(55)49-43(38)57;1-2/h3-7,21-22,27-28,30,32-33,38,48,56H,8-20,23-26,46-47H2,1-2H3,(H,49,55,57);1-2H3/b37-22-;. The molecule has 6 aliphatic heterocycles. The number of phenols is 1. The number of nitrogens with zero attached hydrogens (tertiary/aromatic N) is 5. The Bertz CT molecular complexity index is 1950. The van der Waals surface area contributed by atoms with Crippen LogP contribution in [0.3, 0.4) is 0 Å². The number of carbonyl (C=O) groups is 3. The lowest BCUT2D eigenvalue weighted by Gasteiger charge is -2.43. The number of hydrogen-bond donors (Lipinski definition) is 5. The number of phenolic OH excluding ortho intramolecular Hbond substituents is 1. The van der Waals surface area contributed by atoms with E-state index in [0.29, 0.717) is 48.3 Å². The molecule has 3 amide bonds. The van der Waals surface area contributed by atoms with E-state index in [2.05, 4.69) is 50.1 Å². The molecule has 0 aromatic heterocycles. The lowest BCUT2D eigenvalue weighted by atomic mass is 9.93. The minimum Gasteiger partial charge on any atom is -0.504 e. The Labute approximate surface area is 355 Å². The fraction of sp³-hybridized carbons (Fsp3) is 0.587. The van der Waals surface area contributed by atoms with E-state index in [4.69, 9.17) is 11.5 Å². The van der Waals surface area contributed by atoms with Crippen molar-refractivity contribution in [2.75, 3.05) is 57.3 Å². The monoisotopic (exact) mass is 828 g/mol. The molecule has 8 rings (SSSR count). The van der Waals surface area contributed by atoms with Crippen LogP contribution in [-0.4, -0.2) is 119 Å². The van der Waals surface area contributed by atoms with E-state index in [1.807, 2.05) is 26.0 Å². The molecule has 13 nitrogen and oxygen atoms in total. The number of carbonyl (C=O) groups excluding carboxylic acids is 3.